The molecule has 1 nitrogen and oxygen atoms in total. The van der Waals surface area contributed by atoms with Crippen LogP contribution >= 0.6 is 12.2 Å². The zero-order chi connectivity index (χ0) is 7.40. The minimum absolute atomic E-state index is 0.216. The smallest absolute Gasteiger partial charge is 0.143 e. The summed E-state index contributed by atoms with van der Waals surface area (Å²) in [5.41, 5.74) is 0. The molecule has 0 saturated carbocycles. The molecule has 1 saturated heterocycles. The predicted molar refractivity (Wildman–Crippen MR) is 44.0 cm³/mol. The molecule has 0 N–H and O–H groups in total. The van der Waals surface area contributed by atoms with E-state index in [2.05, 4.69) is 0 Å². The molecule has 0 aliphatic carbocycles. The molecule has 1 atom stereocenters. The van der Waals surface area contributed by atoms with Gasteiger partial charge in [0, 0.05) is 12.6 Å². The van der Waals surface area contributed by atoms with E-state index in [0.717, 1.165) is 19.4 Å². The highest BCUT2D eigenvalue weighted by atomic mass is 32.1. The van der Waals surface area contributed by atoms with E-state index >= 15 is 0 Å². The fourth-order valence-corrected chi connectivity index (χ4v) is 1.63. The fourth-order valence-electron chi connectivity index (χ4n) is 1.32. The number of thiocarbonyl (C=S) groups is 1. The summed E-state index contributed by atoms with van der Waals surface area (Å²) < 4.78 is 12.2. The number of halogens is 1. The lowest BCUT2D eigenvalue weighted by Crippen LogP contribution is -2.39. The fraction of sp³-hybridized carbons (Fsp3) is 0.857. The van der Waals surface area contributed by atoms with Gasteiger partial charge < -0.3 is 0 Å². The van der Waals surface area contributed by atoms with Crippen molar-refractivity contribution in [3.8, 4) is 0 Å². The van der Waals surface area contributed by atoms with Crippen LogP contribution < -0.4 is 0 Å². The first-order valence-corrected chi connectivity index (χ1v) is 4.11. The van der Waals surface area contributed by atoms with Crippen LogP contribution in [0.15, 0.2) is 0 Å². The van der Waals surface area contributed by atoms with Gasteiger partial charge in [-0.15, -0.1) is 0 Å². The maximum absolute atomic E-state index is 12.2. The van der Waals surface area contributed by atoms with Crippen molar-refractivity contribution in [3.63, 3.8) is 0 Å². The lowest BCUT2D eigenvalue weighted by molar-refractivity contribution is 0.132. The van der Waals surface area contributed by atoms with Crippen molar-refractivity contribution in [2.24, 2.45) is 0 Å². The minimum Gasteiger partial charge on any atom is -0.269 e. The van der Waals surface area contributed by atoms with Crippen molar-refractivity contribution in [3.05, 3.63) is 0 Å². The molecule has 0 aromatic heterocycles. The van der Waals surface area contributed by atoms with Gasteiger partial charge in [-0.2, -0.15) is 0 Å². The van der Waals surface area contributed by atoms with Gasteiger partial charge in [0.2, 0.25) is 0 Å². The summed E-state index contributed by atoms with van der Waals surface area (Å²) in [6.45, 7) is 0.520. The third kappa shape index (κ3) is 1.73. The summed E-state index contributed by atoms with van der Waals surface area (Å²) in [4.78, 5) is 1.79. The van der Waals surface area contributed by atoms with Gasteiger partial charge in [-0.3, -0.25) is 4.90 Å². The summed E-state index contributed by atoms with van der Waals surface area (Å²) >= 11 is 4.78. The number of likely N-dealkylation sites (tertiary alicyclic amines) is 1. The maximum Gasteiger partial charge on any atom is 0.143 e. The second kappa shape index (κ2) is 3.98. The van der Waals surface area contributed by atoms with E-state index in [9.17, 15) is 4.39 Å². The molecule has 0 spiro atoms. The van der Waals surface area contributed by atoms with Gasteiger partial charge >= 0.3 is 0 Å². The molecule has 1 fully saturated rings. The average molecular weight is 161 g/mol. The van der Waals surface area contributed by atoms with Gasteiger partial charge in [-0.25, -0.2) is 4.39 Å². The van der Waals surface area contributed by atoms with Crippen molar-refractivity contribution in [1.82, 2.24) is 4.90 Å². The second-order valence-corrected chi connectivity index (χ2v) is 2.90. The quantitative estimate of drug-likeness (QED) is 0.448. The van der Waals surface area contributed by atoms with E-state index in [1.165, 1.54) is 6.42 Å². The monoisotopic (exact) mass is 161 g/mol. The molecule has 1 unspecified atom stereocenters. The Balaban J connectivity index is 2.41. The number of nitrogens with zero attached hydrogens (tertiary/aromatic N) is 1. The standard InChI is InChI=1S/C7H12FNS/c8-6-9-4-2-1-3-7(9)5-10/h5,7H,1-4,6H2. The number of rotatable bonds is 2. The lowest BCUT2D eigenvalue weighted by Gasteiger charge is -2.30. The molecule has 0 amide bonds. The molecular weight excluding hydrogens is 149 g/mol. The molecule has 0 radical (unpaired) electrons. The zero-order valence-corrected chi connectivity index (χ0v) is 6.74. The lowest BCUT2D eigenvalue weighted by atomic mass is 10.1. The van der Waals surface area contributed by atoms with Crippen LogP contribution in [0.2, 0.25) is 0 Å². The highest BCUT2D eigenvalue weighted by Gasteiger charge is 2.18. The first-order valence-electron chi connectivity index (χ1n) is 3.64. The van der Waals surface area contributed by atoms with Crippen LogP contribution in [0.4, 0.5) is 4.39 Å². The molecular formula is C7H12FNS. The van der Waals surface area contributed by atoms with Crippen LogP contribution in [0, 0.1) is 0 Å². The van der Waals surface area contributed by atoms with Crippen LogP contribution in [-0.2, 0) is 0 Å². The molecule has 0 aromatic carbocycles. The largest absolute Gasteiger partial charge is 0.269 e. The Morgan fingerprint density at radius 2 is 2.40 bits per heavy atom. The van der Waals surface area contributed by atoms with Gasteiger partial charge in [0.1, 0.15) is 6.80 Å². The van der Waals surface area contributed by atoms with Crippen LogP contribution in [0.3, 0.4) is 0 Å². The number of hydrogen-bond acceptors (Lipinski definition) is 2. The highest BCUT2D eigenvalue weighted by Crippen LogP contribution is 2.14. The van der Waals surface area contributed by atoms with Gasteiger partial charge in [0.25, 0.3) is 0 Å². The van der Waals surface area contributed by atoms with Crippen molar-refractivity contribution in [2.75, 3.05) is 13.3 Å². The van der Waals surface area contributed by atoms with Crippen molar-refractivity contribution in [2.45, 2.75) is 25.3 Å². The van der Waals surface area contributed by atoms with Crippen LogP contribution in [0.25, 0.3) is 0 Å². The third-order valence-electron chi connectivity index (χ3n) is 1.97. The summed E-state index contributed by atoms with van der Waals surface area (Å²) in [5.74, 6) is 0. The van der Waals surface area contributed by atoms with E-state index in [1.54, 1.807) is 10.3 Å². The number of alkyl halides is 1. The molecule has 0 aromatic rings. The van der Waals surface area contributed by atoms with Crippen LogP contribution in [-0.4, -0.2) is 29.7 Å². The molecule has 1 aliphatic heterocycles. The minimum atomic E-state index is -0.349. The third-order valence-corrected chi connectivity index (χ3v) is 2.29. The van der Waals surface area contributed by atoms with E-state index in [4.69, 9.17) is 12.2 Å². The first kappa shape index (κ1) is 8.08. The van der Waals surface area contributed by atoms with Gasteiger partial charge in [-0.1, -0.05) is 18.6 Å². The summed E-state index contributed by atoms with van der Waals surface area (Å²) in [5, 5.41) is 1.68. The first-order chi connectivity index (χ1) is 4.88. The second-order valence-electron chi connectivity index (χ2n) is 2.63. The van der Waals surface area contributed by atoms with Crippen molar-refractivity contribution in [1.29, 1.82) is 0 Å². The normalized spacial score (nSPS) is 28.3. The molecule has 1 rings (SSSR count). The average Bonchev–Trinajstić information content (AvgIpc) is 2.04. The predicted octanol–water partition coefficient (Wildman–Crippen LogP) is 1.77. The maximum atomic E-state index is 12.2. The Labute approximate surface area is 66.2 Å². The Hall–Kier alpha value is -0.0200. The molecule has 3 heteroatoms. The van der Waals surface area contributed by atoms with Crippen LogP contribution in [0.1, 0.15) is 19.3 Å². The molecule has 1 heterocycles. The number of piperidine rings is 1. The number of hydrogen-bond donors (Lipinski definition) is 0. The molecule has 58 valence electrons. The van der Waals surface area contributed by atoms with Gasteiger partial charge in [0.15, 0.2) is 0 Å². The molecule has 1 aliphatic rings. The SMILES string of the molecule is FCN1CCCCC1C=S. The van der Waals surface area contributed by atoms with E-state index in [1.807, 2.05) is 0 Å². The van der Waals surface area contributed by atoms with Crippen molar-refractivity contribution >= 4 is 17.6 Å². The Bertz CT molecular complexity index is 118. The topological polar surface area (TPSA) is 3.24 Å². The van der Waals surface area contributed by atoms with E-state index in [-0.39, 0.29) is 12.8 Å². The van der Waals surface area contributed by atoms with Crippen LogP contribution in [0.5, 0.6) is 0 Å². The molecule has 10 heavy (non-hydrogen) atoms. The zero-order valence-electron chi connectivity index (χ0n) is 5.92. The highest BCUT2D eigenvalue weighted by molar-refractivity contribution is 7.79. The summed E-state index contributed by atoms with van der Waals surface area (Å²) in [6, 6.07) is 0.216. The van der Waals surface area contributed by atoms with Gasteiger partial charge in [-0.05, 0) is 18.2 Å². The molecule has 0 bridgehead atoms. The van der Waals surface area contributed by atoms with Gasteiger partial charge in [0.05, 0.1) is 0 Å². The van der Waals surface area contributed by atoms with E-state index < -0.39 is 0 Å². The Morgan fingerprint density at radius 3 is 2.90 bits per heavy atom. The van der Waals surface area contributed by atoms with Crippen molar-refractivity contribution < 1.29 is 4.39 Å². The summed E-state index contributed by atoms with van der Waals surface area (Å²) in [6.07, 6.45) is 3.34. The Kier molecular flexibility index (Phi) is 3.22. The van der Waals surface area contributed by atoms with E-state index in [0.29, 0.717) is 0 Å². The Morgan fingerprint density at radius 1 is 1.60 bits per heavy atom. The summed E-state index contributed by atoms with van der Waals surface area (Å²) in [7, 11) is 0.